The summed E-state index contributed by atoms with van der Waals surface area (Å²) in [5.74, 6) is -4.50. The predicted molar refractivity (Wildman–Crippen MR) is 69.9 cm³/mol. The second-order valence-electron chi connectivity index (χ2n) is 4.68. The van der Waals surface area contributed by atoms with E-state index in [4.69, 9.17) is 4.43 Å². The first-order valence-electron chi connectivity index (χ1n) is 6.42. The van der Waals surface area contributed by atoms with Gasteiger partial charge in [-0.05, 0) is 12.0 Å². The molecule has 0 fully saturated rings. The van der Waals surface area contributed by atoms with Gasteiger partial charge in [0.2, 0.25) is 0 Å². The minimum atomic E-state index is -4.99. The highest BCUT2D eigenvalue weighted by Gasteiger charge is 2.60. The van der Waals surface area contributed by atoms with Crippen molar-refractivity contribution in [3.8, 4) is 0 Å². The number of benzene rings is 1. The molecule has 0 amide bonds. The van der Waals surface area contributed by atoms with Gasteiger partial charge in [0.25, 0.3) is 0 Å². The first-order chi connectivity index (χ1) is 9.60. The first-order valence-corrected chi connectivity index (χ1v) is 8.32. The summed E-state index contributed by atoms with van der Waals surface area (Å²) in [4.78, 5) is 0. The summed E-state index contributed by atoms with van der Waals surface area (Å²) in [6, 6.07) is 7.21. The van der Waals surface area contributed by atoms with Crippen LogP contribution in [-0.2, 0) is 14.9 Å². The Morgan fingerprint density at radius 3 is 2.14 bits per heavy atom. The highest BCUT2D eigenvalue weighted by molar-refractivity contribution is 6.59. The fraction of sp³-hybridized carbons (Fsp3) is 0.538. The average Bonchev–Trinajstić information content (AvgIpc) is 2.35. The van der Waals surface area contributed by atoms with E-state index in [1.807, 2.05) is 0 Å². The Hall–Kier alpha value is -0.993. The smallest absolute Gasteiger partial charge is 0.370 e. The Kier molecular flexibility index (Phi) is 5.89. The molecule has 1 aromatic rings. The van der Waals surface area contributed by atoms with Crippen LogP contribution in [0.25, 0.3) is 0 Å². The zero-order chi connectivity index (χ0) is 16.1. The molecule has 0 N–H and O–H groups in total. The van der Waals surface area contributed by atoms with Crippen LogP contribution in [0.3, 0.4) is 0 Å². The Balaban J connectivity index is 2.93. The molecule has 8 heteroatoms. The van der Waals surface area contributed by atoms with E-state index in [1.165, 1.54) is 12.1 Å². The topological polar surface area (TPSA) is 18.5 Å². The third-order valence-electron chi connectivity index (χ3n) is 2.57. The van der Waals surface area contributed by atoms with Crippen LogP contribution in [0.2, 0.25) is 0 Å². The summed E-state index contributed by atoms with van der Waals surface area (Å²) >= 11 is 0. The minimum Gasteiger partial charge on any atom is -0.370 e. The molecule has 0 radical (unpaired) electrons. The number of rotatable bonds is 8. The second-order valence-corrected chi connectivity index (χ2v) is 6.84. The molecule has 120 valence electrons. The van der Waals surface area contributed by atoms with Crippen molar-refractivity contribution >= 4 is 8.89 Å². The van der Waals surface area contributed by atoms with E-state index in [-0.39, 0.29) is 13.5 Å². The van der Waals surface area contributed by atoms with Crippen LogP contribution < -0.4 is 0 Å². The Labute approximate surface area is 121 Å². The summed E-state index contributed by atoms with van der Waals surface area (Å²) in [5.41, 5.74) is 0.345. The van der Waals surface area contributed by atoms with Gasteiger partial charge in [-0.2, -0.15) is 17.6 Å². The summed E-state index contributed by atoms with van der Waals surface area (Å²) in [7, 11) is -4.99. The van der Waals surface area contributed by atoms with Gasteiger partial charge in [-0.1, -0.05) is 37.3 Å². The molecule has 0 saturated carbocycles. The van der Waals surface area contributed by atoms with Crippen LogP contribution in [0.4, 0.5) is 21.7 Å². The van der Waals surface area contributed by atoms with E-state index in [0.29, 0.717) is 12.0 Å². The summed E-state index contributed by atoms with van der Waals surface area (Å²) in [6.07, 6.45) is -4.57. The van der Waals surface area contributed by atoms with Crippen LogP contribution in [0.1, 0.15) is 25.8 Å². The van der Waals surface area contributed by atoms with Crippen LogP contribution in [0.5, 0.6) is 0 Å². The molecule has 21 heavy (non-hydrogen) atoms. The maximum Gasteiger partial charge on any atom is 0.548 e. The van der Waals surface area contributed by atoms with Gasteiger partial charge in [0, 0.05) is 19.6 Å². The fourth-order valence-electron chi connectivity index (χ4n) is 1.49. The van der Waals surface area contributed by atoms with Crippen molar-refractivity contribution in [1.82, 2.24) is 0 Å². The van der Waals surface area contributed by atoms with E-state index in [2.05, 4.69) is 4.43 Å². The highest BCUT2D eigenvalue weighted by Crippen LogP contribution is 2.38. The third kappa shape index (κ3) is 5.37. The Bertz CT molecular complexity index is 438. The lowest BCUT2D eigenvalue weighted by Gasteiger charge is -2.30. The maximum absolute atomic E-state index is 14.6. The predicted octanol–water partition coefficient (Wildman–Crippen LogP) is 4.37. The molecule has 1 rings (SSSR count). The molecular formula is C13H17F5O2Si. The van der Waals surface area contributed by atoms with Gasteiger partial charge < -0.3 is 8.85 Å². The van der Waals surface area contributed by atoms with Gasteiger partial charge in [-0.3, -0.25) is 0 Å². The van der Waals surface area contributed by atoms with Crippen molar-refractivity contribution in [2.75, 3.05) is 6.61 Å². The first kappa shape index (κ1) is 18.1. The molecule has 0 heterocycles. The zero-order valence-electron chi connectivity index (χ0n) is 11.7. The standard InChI is InChI=1S/C13H17F5O2Si/c1-3-9-19-21(18,10-11-7-5-4-6-8-11)20-13(16,17)12(2,14)15/h4-8H,3,9-10H2,1-2H3. The molecule has 0 aliphatic heterocycles. The van der Waals surface area contributed by atoms with Gasteiger partial charge >= 0.3 is 20.9 Å². The van der Waals surface area contributed by atoms with Crippen molar-refractivity contribution in [2.45, 2.75) is 38.3 Å². The van der Waals surface area contributed by atoms with Crippen LogP contribution >= 0.6 is 0 Å². The molecule has 0 spiro atoms. The SMILES string of the molecule is CCCO[Si](F)(Cc1ccccc1)OC(F)(F)C(C)(F)F. The Morgan fingerprint density at radius 2 is 1.67 bits per heavy atom. The third-order valence-corrected chi connectivity index (χ3v) is 4.60. The van der Waals surface area contributed by atoms with Crippen LogP contribution in [-0.4, -0.2) is 27.5 Å². The minimum absolute atomic E-state index is 0.0237. The zero-order valence-corrected chi connectivity index (χ0v) is 12.7. The molecule has 1 unspecified atom stereocenters. The van der Waals surface area contributed by atoms with Crippen molar-refractivity contribution < 1.29 is 30.5 Å². The van der Waals surface area contributed by atoms with Crippen LogP contribution in [0, 0.1) is 0 Å². The lowest BCUT2D eigenvalue weighted by Crippen LogP contribution is -2.52. The number of hydrogen-bond acceptors (Lipinski definition) is 2. The van der Waals surface area contributed by atoms with Gasteiger partial charge in [0.1, 0.15) is 0 Å². The largest absolute Gasteiger partial charge is 0.548 e. The Morgan fingerprint density at radius 1 is 1.10 bits per heavy atom. The molecule has 0 bridgehead atoms. The monoisotopic (exact) mass is 328 g/mol. The van der Waals surface area contributed by atoms with Gasteiger partial charge in [-0.25, -0.2) is 4.11 Å². The van der Waals surface area contributed by atoms with E-state index < -0.39 is 27.0 Å². The molecule has 0 aliphatic carbocycles. The van der Waals surface area contributed by atoms with Gasteiger partial charge in [0.05, 0.1) is 0 Å². The molecule has 0 aliphatic rings. The van der Waals surface area contributed by atoms with Crippen molar-refractivity contribution in [3.05, 3.63) is 35.9 Å². The maximum atomic E-state index is 14.6. The number of hydrogen-bond donors (Lipinski definition) is 0. The van der Waals surface area contributed by atoms with Crippen LogP contribution in [0.15, 0.2) is 30.3 Å². The fourth-order valence-corrected chi connectivity index (χ4v) is 3.52. The highest BCUT2D eigenvalue weighted by atomic mass is 28.4. The lowest BCUT2D eigenvalue weighted by molar-refractivity contribution is -0.315. The molecule has 1 aromatic carbocycles. The van der Waals surface area contributed by atoms with E-state index in [1.54, 1.807) is 25.1 Å². The summed E-state index contributed by atoms with van der Waals surface area (Å²) in [5, 5.41) is 0. The van der Waals surface area contributed by atoms with Gasteiger partial charge in [0.15, 0.2) is 0 Å². The second kappa shape index (κ2) is 6.84. The number of alkyl halides is 4. The quantitative estimate of drug-likeness (QED) is 0.401. The summed E-state index contributed by atoms with van der Waals surface area (Å²) < 4.78 is 75.4. The van der Waals surface area contributed by atoms with Crippen molar-refractivity contribution in [2.24, 2.45) is 0 Å². The van der Waals surface area contributed by atoms with E-state index >= 15 is 0 Å². The van der Waals surface area contributed by atoms with E-state index in [0.717, 1.165) is 0 Å². The summed E-state index contributed by atoms with van der Waals surface area (Å²) in [6.45, 7) is 1.44. The number of halogens is 5. The molecule has 1 atom stereocenters. The average molecular weight is 328 g/mol. The van der Waals surface area contributed by atoms with Crippen molar-refractivity contribution in [1.29, 1.82) is 0 Å². The molecular weight excluding hydrogens is 311 g/mol. The molecule has 0 aromatic heterocycles. The van der Waals surface area contributed by atoms with Crippen molar-refractivity contribution in [3.63, 3.8) is 0 Å². The lowest BCUT2D eigenvalue weighted by atomic mass is 10.2. The van der Waals surface area contributed by atoms with Gasteiger partial charge in [-0.15, -0.1) is 0 Å². The normalized spacial score (nSPS) is 15.8. The van der Waals surface area contributed by atoms with E-state index in [9.17, 15) is 21.7 Å². The molecule has 0 saturated heterocycles. The molecule has 2 nitrogen and oxygen atoms in total.